The van der Waals surface area contributed by atoms with Crippen molar-refractivity contribution in [2.24, 2.45) is 11.3 Å². The van der Waals surface area contributed by atoms with Gasteiger partial charge >= 0.3 is 0 Å². The van der Waals surface area contributed by atoms with Crippen LogP contribution in [0.1, 0.15) is 49.0 Å². The number of carbonyl (C=O) groups is 2. The molecular formula is C20H30N4O2. The first-order chi connectivity index (χ1) is 12.3. The van der Waals surface area contributed by atoms with Crippen molar-refractivity contribution >= 4 is 17.6 Å². The summed E-state index contributed by atoms with van der Waals surface area (Å²) in [6.07, 6.45) is 4.78. The summed E-state index contributed by atoms with van der Waals surface area (Å²) in [7, 11) is 4.23. The van der Waals surface area contributed by atoms with Crippen LogP contribution >= 0.6 is 0 Å². The minimum Gasteiger partial charge on any atom is -0.339 e. The fourth-order valence-electron chi connectivity index (χ4n) is 4.36. The Kier molecular flexibility index (Phi) is 5.32. The lowest BCUT2D eigenvalue weighted by Gasteiger charge is -2.42. The van der Waals surface area contributed by atoms with E-state index in [1.54, 1.807) is 6.20 Å². The van der Waals surface area contributed by atoms with E-state index in [4.69, 9.17) is 0 Å². The molecule has 1 fully saturated rings. The Morgan fingerprint density at radius 3 is 2.65 bits per heavy atom. The van der Waals surface area contributed by atoms with E-state index in [-0.39, 0.29) is 17.2 Å². The van der Waals surface area contributed by atoms with Gasteiger partial charge in [0, 0.05) is 32.3 Å². The van der Waals surface area contributed by atoms with Gasteiger partial charge < -0.3 is 15.1 Å². The van der Waals surface area contributed by atoms with Crippen LogP contribution in [0.2, 0.25) is 0 Å². The minimum atomic E-state index is -0.00788. The SMILES string of the molecule is CN(C)CC(C)(C)C1CCN(C(=O)c2cnc3c(c2)CCC(=O)N3)CC1. The zero-order chi connectivity index (χ0) is 18.9. The largest absolute Gasteiger partial charge is 0.339 e. The summed E-state index contributed by atoms with van der Waals surface area (Å²) in [6.45, 7) is 7.32. The molecule has 2 aliphatic heterocycles. The van der Waals surface area contributed by atoms with Crippen LogP contribution in [0.15, 0.2) is 12.3 Å². The maximum Gasteiger partial charge on any atom is 0.255 e. The van der Waals surface area contributed by atoms with Crippen molar-refractivity contribution in [3.8, 4) is 0 Å². The molecular weight excluding hydrogens is 328 g/mol. The number of carbonyl (C=O) groups excluding carboxylic acids is 2. The number of pyridine rings is 1. The van der Waals surface area contributed by atoms with Crippen molar-refractivity contribution in [3.05, 3.63) is 23.4 Å². The molecule has 0 spiro atoms. The molecule has 3 rings (SSSR count). The van der Waals surface area contributed by atoms with E-state index in [9.17, 15) is 9.59 Å². The number of likely N-dealkylation sites (tertiary alicyclic amines) is 1. The number of piperidine rings is 1. The normalized spacial score (nSPS) is 18.7. The molecule has 0 aromatic carbocycles. The number of hydrogen-bond acceptors (Lipinski definition) is 4. The zero-order valence-electron chi connectivity index (χ0n) is 16.3. The standard InChI is InChI=1S/C20H30N4O2/c1-20(2,13-23(3)4)16-7-9-24(10-8-16)19(26)15-11-14-5-6-17(25)22-18(14)21-12-15/h11-12,16H,5-10,13H2,1-4H3,(H,21,22,25). The molecule has 0 unspecified atom stereocenters. The second-order valence-corrected chi connectivity index (χ2v) is 8.57. The summed E-state index contributed by atoms with van der Waals surface area (Å²) in [5.41, 5.74) is 1.84. The van der Waals surface area contributed by atoms with Crippen molar-refractivity contribution in [1.29, 1.82) is 0 Å². The highest BCUT2D eigenvalue weighted by Crippen LogP contribution is 2.35. The molecule has 1 aromatic rings. The van der Waals surface area contributed by atoms with E-state index in [2.05, 4.69) is 43.1 Å². The number of hydrogen-bond donors (Lipinski definition) is 1. The number of nitrogens with zero attached hydrogens (tertiary/aromatic N) is 3. The van der Waals surface area contributed by atoms with Crippen LogP contribution < -0.4 is 5.32 Å². The number of fused-ring (bicyclic) bond motifs is 1. The van der Waals surface area contributed by atoms with Crippen LogP contribution in [-0.2, 0) is 11.2 Å². The van der Waals surface area contributed by atoms with Crippen molar-refractivity contribution in [2.45, 2.75) is 39.5 Å². The van der Waals surface area contributed by atoms with Gasteiger partial charge in [-0.2, -0.15) is 0 Å². The van der Waals surface area contributed by atoms with Gasteiger partial charge in [-0.25, -0.2) is 4.98 Å². The first-order valence-electron chi connectivity index (χ1n) is 9.49. The number of nitrogens with one attached hydrogen (secondary N) is 1. The second kappa shape index (κ2) is 7.35. The molecule has 2 amide bonds. The van der Waals surface area contributed by atoms with Gasteiger partial charge in [0.05, 0.1) is 5.56 Å². The number of rotatable bonds is 4. The number of amides is 2. The highest BCUT2D eigenvalue weighted by atomic mass is 16.2. The molecule has 26 heavy (non-hydrogen) atoms. The molecule has 6 heteroatoms. The number of aryl methyl sites for hydroxylation is 1. The van der Waals surface area contributed by atoms with Gasteiger partial charge in [-0.1, -0.05) is 13.8 Å². The third kappa shape index (κ3) is 4.06. The summed E-state index contributed by atoms with van der Waals surface area (Å²) in [5, 5.41) is 2.76. The lowest BCUT2D eigenvalue weighted by Crippen LogP contribution is -2.44. The van der Waals surface area contributed by atoms with Crippen molar-refractivity contribution < 1.29 is 9.59 Å². The van der Waals surface area contributed by atoms with Gasteiger partial charge in [-0.05, 0) is 56.3 Å². The molecule has 3 heterocycles. The van der Waals surface area contributed by atoms with Crippen LogP contribution in [0, 0.1) is 11.3 Å². The van der Waals surface area contributed by atoms with Crippen LogP contribution in [0.25, 0.3) is 0 Å². The third-order valence-corrected chi connectivity index (χ3v) is 5.70. The van der Waals surface area contributed by atoms with Crippen LogP contribution in [0.5, 0.6) is 0 Å². The highest BCUT2D eigenvalue weighted by Gasteiger charge is 2.34. The van der Waals surface area contributed by atoms with Gasteiger partial charge in [0.1, 0.15) is 5.82 Å². The second-order valence-electron chi connectivity index (χ2n) is 8.57. The lowest BCUT2D eigenvalue weighted by molar-refractivity contribution is -0.116. The quantitative estimate of drug-likeness (QED) is 0.898. The Morgan fingerprint density at radius 2 is 2.00 bits per heavy atom. The zero-order valence-corrected chi connectivity index (χ0v) is 16.3. The fraction of sp³-hybridized carbons (Fsp3) is 0.650. The molecule has 142 valence electrons. The summed E-state index contributed by atoms with van der Waals surface area (Å²) in [5.74, 6) is 1.28. The Labute approximate surface area is 156 Å². The molecule has 0 atom stereocenters. The first kappa shape index (κ1) is 18.8. The van der Waals surface area contributed by atoms with Crippen LogP contribution in [0.3, 0.4) is 0 Å². The number of aromatic nitrogens is 1. The smallest absolute Gasteiger partial charge is 0.255 e. The van der Waals surface area contributed by atoms with Gasteiger partial charge in [-0.3, -0.25) is 9.59 Å². The highest BCUT2D eigenvalue weighted by molar-refractivity contribution is 5.96. The summed E-state index contributed by atoms with van der Waals surface area (Å²) in [4.78, 5) is 32.8. The van der Waals surface area contributed by atoms with Gasteiger partial charge in [-0.15, -0.1) is 0 Å². The van der Waals surface area contributed by atoms with Crippen LogP contribution in [0.4, 0.5) is 5.82 Å². The van der Waals surface area contributed by atoms with E-state index in [1.165, 1.54) is 0 Å². The predicted molar refractivity (Wildman–Crippen MR) is 102 cm³/mol. The molecule has 1 N–H and O–H groups in total. The monoisotopic (exact) mass is 358 g/mol. The topological polar surface area (TPSA) is 65.5 Å². The van der Waals surface area contributed by atoms with E-state index in [1.807, 2.05) is 11.0 Å². The maximum atomic E-state index is 12.9. The maximum absolute atomic E-state index is 12.9. The van der Waals surface area contributed by atoms with E-state index in [0.29, 0.717) is 30.1 Å². The van der Waals surface area contributed by atoms with Crippen molar-refractivity contribution in [1.82, 2.24) is 14.8 Å². The van der Waals surface area contributed by atoms with E-state index < -0.39 is 0 Å². The molecule has 0 bridgehead atoms. The third-order valence-electron chi connectivity index (χ3n) is 5.70. The van der Waals surface area contributed by atoms with Gasteiger partial charge in [0.25, 0.3) is 5.91 Å². The summed E-state index contributed by atoms with van der Waals surface area (Å²) >= 11 is 0. The number of anilines is 1. The predicted octanol–water partition coefficient (Wildman–Crippen LogP) is 2.41. The average molecular weight is 358 g/mol. The van der Waals surface area contributed by atoms with Crippen LogP contribution in [-0.4, -0.2) is 60.3 Å². The minimum absolute atomic E-state index is 0.00788. The molecule has 0 aliphatic carbocycles. The molecule has 2 aliphatic rings. The molecule has 6 nitrogen and oxygen atoms in total. The lowest BCUT2D eigenvalue weighted by atomic mass is 9.73. The van der Waals surface area contributed by atoms with Crippen molar-refractivity contribution in [3.63, 3.8) is 0 Å². The Bertz CT molecular complexity index is 691. The Morgan fingerprint density at radius 1 is 1.31 bits per heavy atom. The fourth-order valence-corrected chi connectivity index (χ4v) is 4.36. The summed E-state index contributed by atoms with van der Waals surface area (Å²) in [6, 6.07) is 1.90. The average Bonchev–Trinajstić information content (AvgIpc) is 2.59. The van der Waals surface area contributed by atoms with Gasteiger partial charge in [0.2, 0.25) is 5.91 Å². The molecule has 0 radical (unpaired) electrons. The van der Waals surface area contributed by atoms with E-state index >= 15 is 0 Å². The first-order valence-corrected chi connectivity index (χ1v) is 9.49. The van der Waals surface area contributed by atoms with E-state index in [0.717, 1.165) is 38.0 Å². The Hall–Kier alpha value is -1.95. The summed E-state index contributed by atoms with van der Waals surface area (Å²) < 4.78 is 0. The molecule has 1 saturated heterocycles. The molecule has 0 saturated carbocycles. The van der Waals surface area contributed by atoms with Crippen molar-refractivity contribution in [2.75, 3.05) is 39.0 Å². The molecule has 1 aromatic heterocycles. The van der Waals surface area contributed by atoms with Gasteiger partial charge in [0.15, 0.2) is 0 Å². The Balaban J connectivity index is 1.63.